The first-order valence-corrected chi connectivity index (χ1v) is 11.5. The molecule has 2 aromatic carbocycles. The van der Waals surface area contributed by atoms with E-state index in [1.807, 2.05) is 61.5 Å². The van der Waals surface area contributed by atoms with Gasteiger partial charge in [-0.3, -0.25) is 5.10 Å². The van der Waals surface area contributed by atoms with Crippen LogP contribution in [0.25, 0.3) is 11.3 Å². The fraction of sp³-hybridized carbons (Fsp3) is 0.250. The van der Waals surface area contributed by atoms with Gasteiger partial charge in [0.1, 0.15) is 0 Å². The summed E-state index contributed by atoms with van der Waals surface area (Å²) in [7, 11) is 2.12. The van der Waals surface area contributed by atoms with Gasteiger partial charge in [-0.2, -0.15) is 20.1 Å². The van der Waals surface area contributed by atoms with Crippen molar-refractivity contribution >= 4 is 41.0 Å². The number of benzene rings is 2. The maximum atomic E-state index is 6.18. The third-order valence-electron chi connectivity index (χ3n) is 5.73. The summed E-state index contributed by atoms with van der Waals surface area (Å²) in [6.07, 6.45) is 0. The van der Waals surface area contributed by atoms with E-state index in [0.717, 1.165) is 53.7 Å². The smallest absolute Gasteiger partial charge is 0.235 e. The lowest BCUT2D eigenvalue weighted by Crippen LogP contribution is -2.45. The Morgan fingerprint density at radius 1 is 0.882 bits per heavy atom. The largest absolute Gasteiger partial charge is 0.338 e. The van der Waals surface area contributed by atoms with Gasteiger partial charge in [0.25, 0.3) is 0 Å². The summed E-state index contributed by atoms with van der Waals surface area (Å²) < 4.78 is 0. The Bertz CT molecular complexity index is 1270. The summed E-state index contributed by atoms with van der Waals surface area (Å²) in [6, 6.07) is 17.7. The van der Waals surface area contributed by atoms with E-state index < -0.39 is 0 Å². The normalized spacial score (nSPS) is 14.3. The second-order valence-corrected chi connectivity index (χ2v) is 8.73. The van der Waals surface area contributed by atoms with Crippen LogP contribution in [0.5, 0.6) is 0 Å². The van der Waals surface area contributed by atoms with Gasteiger partial charge in [0.2, 0.25) is 17.8 Å². The van der Waals surface area contributed by atoms with Crippen molar-refractivity contribution in [2.24, 2.45) is 0 Å². The van der Waals surface area contributed by atoms with Crippen LogP contribution in [0.15, 0.2) is 54.6 Å². The van der Waals surface area contributed by atoms with Gasteiger partial charge < -0.3 is 20.4 Å². The number of halogens is 1. The Balaban J connectivity index is 1.43. The molecular weight excluding hydrogens is 450 g/mol. The molecule has 3 heterocycles. The standard InChI is InChI=1S/C24H26ClN9/c1-16-14-18(8-9-19(16)25)26-22-28-23(30-24(29-22)34-12-10-33(2)11-13-34)27-21-15-20(31-32-21)17-6-4-3-5-7-17/h3-9,14-15H,10-13H2,1-2H3,(H3,26,27,28,29,30,31,32). The monoisotopic (exact) mass is 475 g/mol. The van der Waals surface area contributed by atoms with E-state index in [-0.39, 0.29) is 0 Å². The Hall–Kier alpha value is -3.69. The number of anilines is 5. The summed E-state index contributed by atoms with van der Waals surface area (Å²) in [5, 5.41) is 14.7. The van der Waals surface area contributed by atoms with E-state index in [2.05, 4.69) is 42.7 Å². The molecule has 2 aromatic heterocycles. The lowest BCUT2D eigenvalue weighted by atomic mass is 10.2. The van der Waals surface area contributed by atoms with Crippen molar-refractivity contribution in [2.45, 2.75) is 6.92 Å². The van der Waals surface area contributed by atoms with Crippen molar-refractivity contribution in [3.63, 3.8) is 0 Å². The molecule has 0 amide bonds. The first-order chi connectivity index (χ1) is 16.5. The molecule has 1 aliphatic rings. The quantitative estimate of drug-likeness (QED) is 0.376. The van der Waals surface area contributed by atoms with E-state index in [0.29, 0.717) is 23.7 Å². The van der Waals surface area contributed by atoms with Crippen LogP contribution in [0.1, 0.15) is 5.56 Å². The fourth-order valence-electron chi connectivity index (χ4n) is 3.74. The van der Waals surface area contributed by atoms with Crippen molar-refractivity contribution < 1.29 is 0 Å². The molecule has 0 radical (unpaired) electrons. The average Bonchev–Trinajstić information content (AvgIpc) is 3.31. The van der Waals surface area contributed by atoms with Crippen molar-refractivity contribution in [3.8, 4) is 11.3 Å². The van der Waals surface area contributed by atoms with Gasteiger partial charge in [-0.25, -0.2) is 0 Å². The molecule has 1 fully saturated rings. The third-order valence-corrected chi connectivity index (χ3v) is 6.15. The number of aryl methyl sites for hydroxylation is 1. The van der Waals surface area contributed by atoms with Crippen molar-refractivity contribution in [3.05, 3.63) is 65.2 Å². The van der Waals surface area contributed by atoms with Gasteiger partial charge in [-0.1, -0.05) is 41.9 Å². The number of aromatic amines is 1. The van der Waals surface area contributed by atoms with Gasteiger partial charge in [0.05, 0.1) is 5.69 Å². The number of rotatable bonds is 6. The molecule has 5 rings (SSSR count). The number of nitrogens with one attached hydrogen (secondary N) is 3. The number of hydrogen-bond donors (Lipinski definition) is 3. The second kappa shape index (κ2) is 9.66. The number of aromatic nitrogens is 5. The van der Waals surface area contributed by atoms with Crippen molar-refractivity contribution in [1.82, 2.24) is 30.0 Å². The molecule has 0 spiro atoms. The highest BCUT2D eigenvalue weighted by Gasteiger charge is 2.19. The van der Waals surface area contributed by atoms with Crippen LogP contribution in [0.4, 0.5) is 29.4 Å². The van der Waals surface area contributed by atoms with Gasteiger partial charge in [0.15, 0.2) is 5.82 Å². The summed E-state index contributed by atoms with van der Waals surface area (Å²) in [4.78, 5) is 18.5. The number of hydrogen-bond acceptors (Lipinski definition) is 8. The highest BCUT2D eigenvalue weighted by molar-refractivity contribution is 6.31. The van der Waals surface area contributed by atoms with Crippen LogP contribution in [0.2, 0.25) is 5.02 Å². The number of piperazine rings is 1. The van der Waals surface area contributed by atoms with Crippen LogP contribution < -0.4 is 15.5 Å². The van der Waals surface area contributed by atoms with Crippen molar-refractivity contribution in [2.75, 3.05) is 48.8 Å². The third kappa shape index (κ3) is 5.11. The summed E-state index contributed by atoms with van der Waals surface area (Å²) >= 11 is 6.18. The number of nitrogens with zero attached hydrogens (tertiary/aromatic N) is 6. The first kappa shape index (κ1) is 22.1. The van der Waals surface area contributed by atoms with Gasteiger partial charge in [0, 0.05) is 43.0 Å². The van der Waals surface area contributed by atoms with Crippen LogP contribution in [0, 0.1) is 6.92 Å². The van der Waals surface area contributed by atoms with E-state index in [9.17, 15) is 0 Å². The zero-order valence-corrected chi connectivity index (χ0v) is 19.8. The molecule has 0 aliphatic carbocycles. The molecule has 0 bridgehead atoms. The minimum Gasteiger partial charge on any atom is -0.338 e. The van der Waals surface area contributed by atoms with Crippen molar-refractivity contribution in [1.29, 1.82) is 0 Å². The lowest BCUT2D eigenvalue weighted by Gasteiger charge is -2.32. The molecule has 1 aliphatic heterocycles. The summed E-state index contributed by atoms with van der Waals surface area (Å²) in [6.45, 7) is 5.56. The van der Waals surface area contributed by atoms with Gasteiger partial charge in [-0.05, 0) is 43.3 Å². The predicted molar refractivity (Wildman–Crippen MR) is 136 cm³/mol. The average molecular weight is 476 g/mol. The molecule has 1 saturated heterocycles. The van der Waals surface area contributed by atoms with Gasteiger partial charge in [-0.15, -0.1) is 0 Å². The van der Waals surface area contributed by atoms with E-state index in [4.69, 9.17) is 21.6 Å². The Labute approximate surface area is 203 Å². The molecule has 4 aromatic rings. The second-order valence-electron chi connectivity index (χ2n) is 8.32. The first-order valence-electron chi connectivity index (χ1n) is 11.1. The van der Waals surface area contributed by atoms with E-state index in [1.165, 1.54) is 0 Å². The van der Waals surface area contributed by atoms with Crippen LogP contribution >= 0.6 is 11.6 Å². The summed E-state index contributed by atoms with van der Waals surface area (Å²) in [5.74, 6) is 2.12. The molecule has 3 N–H and O–H groups in total. The highest BCUT2D eigenvalue weighted by atomic mass is 35.5. The van der Waals surface area contributed by atoms with Crippen LogP contribution in [-0.2, 0) is 0 Å². The SMILES string of the molecule is Cc1cc(Nc2nc(Nc3cc(-c4ccccc4)[nH]n3)nc(N3CCN(C)CC3)n2)ccc1Cl. The minimum absolute atomic E-state index is 0.420. The lowest BCUT2D eigenvalue weighted by molar-refractivity contribution is 0.311. The van der Waals surface area contributed by atoms with E-state index in [1.54, 1.807) is 0 Å². The number of H-pyrrole nitrogens is 1. The summed E-state index contributed by atoms with van der Waals surface area (Å²) in [5.41, 5.74) is 3.79. The highest BCUT2D eigenvalue weighted by Crippen LogP contribution is 2.25. The topological polar surface area (TPSA) is 97.9 Å². The molecule has 34 heavy (non-hydrogen) atoms. The Morgan fingerprint density at radius 2 is 1.62 bits per heavy atom. The number of likely N-dealkylation sites (N-methyl/N-ethyl adjacent to an activating group) is 1. The Kier molecular flexibility index (Phi) is 6.29. The zero-order valence-electron chi connectivity index (χ0n) is 19.1. The molecule has 174 valence electrons. The zero-order chi connectivity index (χ0) is 23.5. The molecule has 9 nitrogen and oxygen atoms in total. The maximum Gasteiger partial charge on any atom is 0.235 e. The molecule has 0 unspecified atom stereocenters. The molecule has 0 atom stereocenters. The van der Waals surface area contributed by atoms with Crippen LogP contribution in [0.3, 0.4) is 0 Å². The fourth-order valence-corrected chi connectivity index (χ4v) is 3.86. The Morgan fingerprint density at radius 3 is 2.35 bits per heavy atom. The minimum atomic E-state index is 0.420. The van der Waals surface area contributed by atoms with Gasteiger partial charge >= 0.3 is 0 Å². The van der Waals surface area contributed by atoms with Crippen LogP contribution in [-0.4, -0.2) is 63.3 Å². The predicted octanol–water partition coefficient (Wildman–Crippen LogP) is 4.46. The van der Waals surface area contributed by atoms with E-state index >= 15 is 0 Å². The molecular formula is C24H26ClN9. The maximum absolute atomic E-state index is 6.18. The molecule has 10 heteroatoms. The molecule has 0 saturated carbocycles.